The van der Waals surface area contributed by atoms with Gasteiger partial charge in [0.05, 0.1) is 23.6 Å². The largest absolute Gasteiger partial charge is 0.486 e. The van der Waals surface area contributed by atoms with Gasteiger partial charge in [-0.25, -0.2) is 9.78 Å². The van der Waals surface area contributed by atoms with E-state index < -0.39 is 0 Å². The second-order valence-corrected chi connectivity index (χ2v) is 7.49. The maximum absolute atomic E-state index is 13.0. The highest BCUT2D eigenvalue weighted by Gasteiger charge is 2.31. The highest BCUT2D eigenvalue weighted by molar-refractivity contribution is 5.92. The lowest BCUT2D eigenvalue weighted by molar-refractivity contribution is 0.170. The lowest BCUT2D eigenvalue weighted by Gasteiger charge is -2.27. The molecule has 8 heteroatoms. The highest BCUT2D eigenvalue weighted by atomic mass is 16.6. The van der Waals surface area contributed by atoms with Crippen molar-refractivity contribution in [2.24, 2.45) is 7.05 Å². The Morgan fingerprint density at radius 2 is 2.03 bits per heavy atom. The first-order valence-corrected chi connectivity index (χ1v) is 9.86. The molecule has 1 N–H and O–H groups in total. The first kappa shape index (κ1) is 17.8. The Kier molecular flexibility index (Phi) is 4.26. The van der Waals surface area contributed by atoms with Crippen LogP contribution in [0, 0.1) is 6.92 Å². The van der Waals surface area contributed by atoms with E-state index in [0.717, 1.165) is 46.6 Å². The zero-order valence-corrected chi connectivity index (χ0v) is 16.5. The van der Waals surface area contributed by atoms with Crippen LogP contribution in [0.5, 0.6) is 11.5 Å². The maximum Gasteiger partial charge on any atom is 0.322 e. The van der Waals surface area contributed by atoms with Gasteiger partial charge in [0.1, 0.15) is 13.2 Å². The monoisotopic (exact) mass is 393 g/mol. The number of hydrogen-bond acceptors (Lipinski definition) is 5. The summed E-state index contributed by atoms with van der Waals surface area (Å²) in [6, 6.07) is 7.78. The molecule has 8 nitrogen and oxygen atoms in total. The summed E-state index contributed by atoms with van der Waals surface area (Å²) in [5.41, 5.74) is 3.43. The number of pyridine rings is 1. The molecule has 1 unspecified atom stereocenters. The first-order valence-electron chi connectivity index (χ1n) is 9.86. The molecule has 3 aromatic rings. The number of nitrogens with one attached hydrogen (secondary N) is 1. The Labute approximate surface area is 168 Å². The van der Waals surface area contributed by atoms with E-state index in [2.05, 4.69) is 15.4 Å². The van der Waals surface area contributed by atoms with Crippen molar-refractivity contribution in [3.63, 3.8) is 0 Å². The summed E-state index contributed by atoms with van der Waals surface area (Å²) in [4.78, 5) is 19.3. The number of benzene rings is 1. The number of rotatable bonds is 2. The molecule has 0 aliphatic carbocycles. The van der Waals surface area contributed by atoms with Crippen LogP contribution in [0.15, 0.2) is 30.5 Å². The number of fused-ring (bicyclic) bond motifs is 2. The molecule has 0 radical (unpaired) electrons. The molecule has 2 aromatic heterocycles. The molecule has 1 saturated heterocycles. The quantitative estimate of drug-likeness (QED) is 0.722. The number of hydrogen-bond donors (Lipinski definition) is 1. The first-order chi connectivity index (χ1) is 14.1. The molecule has 4 heterocycles. The molecule has 1 aromatic carbocycles. The third-order valence-electron chi connectivity index (χ3n) is 5.58. The smallest absolute Gasteiger partial charge is 0.322 e. The van der Waals surface area contributed by atoms with Crippen molar-refractivity contribution in [3.05, 3.63) is 41.7 Å². The number of nitrogens with zero attached hydrogens (tertiary/aromatic N) is 4. The Hall–Kier alpha value is -3.29. The summed E-state index contributed by atoms with van der Waals surface area (Å²) in [5, 5.41) is 8.33. The number of urea groups is 1. The molecule has 5 rings (SSSR count). The van der Waals surface area contributed by atoms with Crippen molar-refractivity contribution in [1.82, 2.24) is 19.7 Å². The van der Waals surface area contributed by atoms with Gasteiger partial charge in [-0.2, -0.15) is 5.10 Å². The Bertz CT molecular complexity index is 1090. The molecule has 1 fully saturated rings. The third-order valence-corrected chi connectivity index (χ3v) is 5.58. The number of carbonyl (C=O) groups excluding carboxylic acids is 1. The predicted octanol–water partition coefficient (Wildman–Crippen LogP) is 3.42. The van der Waals surface area contributed by atoms with Crippen molar-refractivity contribution in [2.75, 3.05) is 25.1 Å². The number of aromatic nitrogens is 3. The minimum absolute atomic E-state index is 0.0163. The number of anilines is 1. The van der Waals surface area contributed by atoms with Crippen LogP contribution in [0.2, 0.25) is 0 Å². The van der Waals surface area contributed by atoms with Crippen LogP contribution in [-0.4, -0.2) is 45.5 Å². The zero-order chi connectivity index (χ0) is 20.0. The van der Waals surface area contributed by atoms with Crippen LogP contribution < -0.4 is 14.8 Å². The van der Waals surface area contributed by atoms with Crippen molar-refractivity contribution < 1.29 is 14.3 Å². The normalized spacial score (nSPS) is 18.3. The van der Waals surface area contributed by atoms with Gasteiger partial charge in [0.25, 0.3) is 0 Å². The molecule has 150 valence electrons. The lowest BCUT2D eigenvalue weighted by atomic mass is 10.0. The summed E-state index contributed by atoms with van der Waals surface area (Å²) >= 11 is 0. The van der Waals surface area contributed by atoms with Gasteiger partial charge < -0.3 is 19.7 Å². The molecule has 0 spiro atoms. The molecule has 2 amide bonds. The van der Waals surface area contributed by atoms with Gasteiger partial charge in [-0.1, -0.05) is 6.07 Å². The van der Waals surface area contributed by atoms with Crippen LogP contribution in [0.25, 0.3) is 11.0 Å². The topological polar surface area (TPSA) is 81.5 Å². The molecule has 1 atom stereocenters. The summed E-state index contributed by atoms with van der Waals surface area (Å²) in [6.45, 7) is 3.77. The number of amides is 2. The highest BCUT2D eigenvalue weighted by Crippen LogP contribution is 2.38. The van der Waals surface area contributed by atoms with Crippen LogP contribution >= 0.6 is 0 Å². The van der Waals surface area contributed by atoms with Gasteiger partial charge in [-0.3, -0.25) is 4.68 Å². The van der Waals surface area contributed by atoms with Crippen LogP contribution in [0.3, 0.4) is 0 Å². The standard InChI is InChI=1S/C21H23N5O3/c1-13-16-11-15(12-22-20(16)25(2)24-13)23-21(27)26-7-3-4-17(26)14-5-6-18-19(10-14)29-9-8-28-18/h5-6,10-12,17H,3-4,7-9H2,1-2H3,(H,23,27). The van der Waals surface area contributed by atoms with Gasteiger partial charge in [-0.05, 0) is 43.5 Å². The predicted molar refractivity (Wildman–Crippen MR) is 108 cm³/mol. The number of carbonyl (C=O) groups is 1. The maximum atomic E-state index is 13.0. The van der Waals surface area contributed by atoms with Gasteiger partial charge in [0.2, 0.25) is 0 Å². The summed E-state index contributed by atoms with van der Waals surface area (Å²) < 4.78 is 13.1. The van der Waals surface area contributed by atoms with Crippen LogP contribution in [0.4, 0.5) is 10.5 Å². The van der Waals surface area contributed by atoms with Crippen molar-refractivity contribution in [3.8, 4) is 11.5 Å². The van der Waals surface area contributed by atoms with E-state index in [9.17, 15) is 4.79 Å². The Balaban J connectivity index is 1.37. The fraction of sp³-hybridized carbons (Fsp3) is 0.381. The minimum Gasteiger partial charge on any atom is -0.486 e. The summed E-state index contributed by atoms with van der Waals surface area (Å²) in [7, 11) is 1.86. The molecular formula is C21H23N5O3. The second kappa shape index (κ2) is 6.95. The fourth-order valence-corrected chi connectivity index (χ4v) is 4.20. The van der Waals surface area contributed by atoms with Gasteiger partial charge >= 0.3 is 6.03 Å². The second-order valence-electron chi connectivity index (χ2n) is 7.49. The van der Waals surface area contributed by atoms with E-state index in [4.69, 9.17) is 9.47 Å². The van der Waals surface area contributed by atoms with Crippen LogP contribution in [-0.2, 0) is 7.05 Å². The minimum atomic E-state index is -0.120. The Morgan fingerprint density at radius 1 is 1.21 bits per heavy atom. The number of likely N-dealkylation sites (tertiary alicyclic amines) is 1. The van der Waals surface area contributed by atoms with Gasteiger partial charge in [0, 0.05) is 19.0 Å². The molecular weight excluding hydrogens is 370 g/mol. The van der Waals surface area contributed by atoms with E-state index in [1.54, 1.807) is 10.9 Å². The van der Waals surface area contributed by atoms with E-state index in [1.165, 1.54) is 0 Å². The molecule has 29 heavy (non-hydrogen) atoms. The number of aryl methyl sites for hydroxylation is 2. The van der Waals surface area contributed by atoms with E-state index >= 15 is 0 Å². The molecule has 2 aliphatic heterocycles. The van der Waals surface area contributed by atoms with Gasteiger partial charge in [-0.15, -0.1) is 0 Å². The average molecular weight is 393 g/mol. The SMILES string of the molecule is Cc1nn(C)c2ncc(NC(=O)N3CCCC3c3ccc4c(c3)OCCO4)cc12. The van der Waals surface area contributed by atoms with Crippen LogP contribution in [0.1, 0.15) is 30.1 Å². The molecule has 0 saturated carbocycles. The zero-order valence-electron chi connectivity index (χ0n) is 16.5. The van der Waals surface area contributed by atoms with Crippen molar-refractivity contribution in [1.29, 1.82) is 0 Å². The van der Waals surface area contributed by atoms with Gasteiger partial charge in [0.15, 0.2) is 17.1 Å². The Morgan fingerprint density at radius 3 is 2.90 bits per heavy atom. The van der Waals surface area contributed by atoms with E-state index in [1.807, 2.05) is 43.1 Å². The summed E-state index contributed by atoms with van der Waals surface area (Å²) in [5.74, 6) is 1.52. The van der Waals surface area contributed by atoms with Crippen molar-refractivity contribution in [2.45, 2.75) is 25.8 Å². The third kappa shape index (κ3) is 3.14. The number of ether oxygens (including phenoxy) is 2. The van der Waals surface area contributed by atoms with Crippen molar-refractivity contribution >= 4 is 22.8 Å². The van der Waals surface area contributed by atoms with E-state index in [0.29, 0.717) is 25.4 Å². The van der Waals surface area contributed by atoms with E-state index in [-0.39, 0.29) is 12.1 Å². The molecule has 2 aliphatic rings. The lowest BCUT2D eigenvalue weighted by Crippen LogP contribution is -2.34. The molecule has 0 bridgehead atoms. The summed E-state index contributed by atoms with van der Waals surface area (Å²) in [6.07, 6.45) is 3.56. The fourth-order valence-electron chi connectivity index (χ4n) is 4.20. The average Bonchev–Trinajstić information content (AvgIpc) is 3.33.